The molecule has 0 bridgehead atoms. The predicted molar refractivity (Wildman–Crippen MR) is 31.4 cm³/mol. The van der Waals surface area contributed by atoms with Crippen molar-refractivity contribution in [2.75, 3.05) is 0 Å². The molecule has 0 saturated heterocycles. The highest BCUT2D eigenvalue weighted by molar-refractivity contribution is 4.83. The Morgan fingerprint density at radius 3 is 2.33 bits per heavy atom. The van der Waals surface area contributed by atoms with Gasteiger partial charge in [-0.1, -0.05) is 0 Å². The van der Waals surface area contributed by atoms with Crippen molar-refractivity contribution >= 4 is 0 Å². The molecule has 0 unspecified atom stereocenters. The summed E-state index contributed by atoms with van der Waals surface area (Å²) >= 11 is 0. The van der Waals surface area contributed by atoms with E-state index >= 15 is 0 Å². The van der Waals surface area contributed by atoms with Crippen molar-refractivity contribution in [1.82, 2.24) is 0 Å². The maximum atomic E-state index is 11.2. The lowest BCUT2D eigenvalue weighted by Gasteiger charge is -2.33. The standard InChI is InChI=1S/C7H11O2/c8-7(4-1-5-7)9-6-2-3-6/h6H,1-5H2. The van der Waals surface area contributed by atoms with Crippen LogP contribution in [-0.4, -0.2) is 11.9 Å². The van der Waals surface area contributed by atoms with E-state index in [4.69, 9.17) is 4.74 Å². The number of hydrogen-bond donors (Lipinski definition) is 0. The van der Waals surface area contributed by atoms with Gasteiger partial charge in [0.15, 0.2) is 0 Å². The van der Waals surface area contributed by atoms with Crippen LogP contribution in [0.1, 0.15) is 32.1 Å². The van der Waals surface area contributed by atoms with Crippen molar-refractivity contribution in [2.45, 2.75) is 44.0 Å². The van der Waals surface area contributed by atoms with Crippen LogP contribution in [0.2, 0.25) is 0 Å². The van der Waals surface area contributed by atoms with E-state index in [-0.39, 0.29) is 0 Å². The van der Waals surface area contributed by atoms with Crippen LogP contribution in [0.5, 0.6) is 0 Å². The average molecular weight is 127 g/mol. The second kappa shape index (κ2) is 1.70. The molecule has 0 spiro atoms. The molecule has 2 aliphatic carbocycles. The molecule has 2 rings (SSSR count). The molecule has 2 aliphatic rings. The predicted octanol–water partition coefficient (Wildman–Crippen LogP) is 1.48. The van der Waals surface area contributed by atoms with E-state index in [2.05, 4.69) is 0 Å². The van der Waals surface area contributed by atoms with E-state index in [0.717, 1.165) is 32.1 Å². The van der Waals surface area contributed by atoms with Gasteiger partial charge < -0.3 is 4.74 Å². The highest BCUT2D eigenvalue weighted by atomic mass is 16.6. The molecule has 1 radical (unpaired) electrons. The van der Waals surface area contributed by atoms with Crippen molar-refractivity contribution in [3.05, 3.63) is 0 Å². The molecular weight excluding hydrogens is 116 g/mol. The fourth-order valence-electron chi connectivity index (χ4n) is 1.07. The molecule has 2 heteroatoms. The van der Waals surface area contributed by atoms with Crippen molar-refractivity contribution in [3.8, 4) is 0 Å². The summed E-state index contributed by atoms with van der Waals surface area (Å²) in [5, 5.41) is 11.2. The fraction of sp³-hybridized carbons (Fsp3) is 1.00. The molecule has 2 fully saturated rings. The molecule has 0 aromatic heterocycles. The first-order valence-electron chi connectivity index (χ1n) is 3.67. The summed E-state index contributed by atoms with van der Waals surface area (Å²) in [5.74, 6) is -0.943. The third kappa shape index (κ3) is 1.10. The Bertz CT molecular complexity index is 114. The lowest BCUT2D eigenvalue weighted by Crippen LogP contribution is -2.38. The van der Waals surface area contributed by atoms with Crippen molar-refractivity contribution in [3.63, 3.8) is 0 Å². The summed E-state index contributed by atoms with van der Waals surface area (Å²) in [4.78, 5) is 0. The van der Waals surface area contributed by atoms with E-state index in [1.54, 1.807) is 0 Å². The van der Waals surface area contributed by atoms with Gasteiger partial charge in [0.2, 0.25) is 5.79 Å². The lowest BCUT2D eigenvalue weighted by molar-refractivity contribution is -0.287. The summed E-state index contributed by atoms with van der Waals surface area (Å²) in [5.41, 5.74) is 0. The third-order valence-electron chi connectivity index (χ3n) is 2.02. The van der Waals surface area contributed by atoms with Gasteiger partial charge in [0, 0.05) is 12.8 Å². The van der Waals surface area contributed by atoms with Crippen LogP contribution in [0.25, 0.3) is 0 Å². The first-order chi connectivity index (χ1) is 4.29. The number of hydrogen-bond acceptors (Lipinski definition) is 1. The van der Waals surface area contributed by atoms with Gasteiger partial charge in [-0.3, -0.25) is 0 Å². The Hall–Kier alpha value is -0.0800. The van der Waals surface area contributed by atoms with Gasteiger partial charge in [0.25, 0.3) is 0 Å². The monoisotopic (exact) mass is 127 g/mol. The van der Waals surface area contributed by atoms with Gasteiger partial charge in [-0.2, -0.15) is 5.11 Å². The molecule has 9 heavy (non-hydrogen) atoms. The molecule has 2 nitrogen and oxygen atoms in total. The Labute approximate surface area is 54.8 Å². The normalized spacial score (nSPS) is 31.7. The molecular formula is C7H11O2. The zero-order chi connectivity index (χ0) is 6.32. The van der Waals surface area contributed by atoms with Crippen LogP contribution in [-0.2, 0) is 9.84 Å². The zero-order valence-electron chi connectivity index (χ0n) is 5.43. The quantitative estimate of drug-likeness (QED) is 0.516. The molecule has 0 aliphatic heterocycles. The molecule has 0 aromatic rings. The Balaban J connectivity index is 1.81. The molecule has 0 N–H and O–H groups in total. The highest BCUT2D eigenvalue weighted by Gasteiger charge is 2.42. The first kappa shape index (κ1) is 5.69. The van der Waals surface area contributed by atoms with E-state index in [9.17, 15) is 5.11 Å². The summed E-state index contributed by atoms with van der Waals surface area (Å²) in [6, 6.07) is 0. The van der Waals surface area contributed by atoms with Gasteiger partial charge in [0.1, 0.15) is 0 Å². The van der Waals surface area contributed by atoms with Crippen LogP contribution in [0.4, 0.5) is 0 Å². The van der Waals surface area contributed by atoms with Crippen LogP contribution in [0.15, 0.2) is 0 Å². The molecule has 0 atom stereocenters. The van der Waals surface area contributed by atoms with Crippen molar-refractivity contribution in [1.29, 1.82) is 0 Å². The summed E-state index contributed by atoms with van der Waals surface area (Å²) < 4.78 is 5.23. The highest BCUT2D eigenvalue weighted by Crippen LogP contribution is 2.39. The zero-order valence-corrected chi connectivity index (χ0v) is 5.43. The Morgan fingerprint density at radius 1 is 1.33 bits per heavy atom. The molecule has 0 heterocycles. The molecule has 0 aromatic carbocycles. The smallest absolute Gasteiger partial charge is 0.201 e. The Morgan fingerprint density at radius 2 is 2.00 bits per heavy atom. The third-order valence-corrected chi connectivity index (χ3v) is 2.02. The van der Waals surface area contributed by atoms with E-state index in [1.165, 1.54) is 0 Å². The van der Waals surface area contributed by atoms with E-state index in [1.807, 2.05) is 0 Å². The minimum absolute atomic E-state index is 0.336. The van der Waals surface area contributed by atoms with E-state index in [0.29, 0.717) is 6.10 Å². The minimum atomic E-state index is -0.943. The molecule has 2 saturated carbocycles. The van der Waals surface area contributed by atoms with Crippen LogP contribution in [0.3, 0.4) is 0 Å². The summed E-state index contributed by atoms with van der Waals surface area (Å²) in [7, 11) is 0. The maximum absolute atomic E-state index is 11.2. The van der Waals surface area contributed by atoms with Gasteiger partial charge in [-0.15, -0.1) is 0 Å². The average Bonchev–Trinajstić information content (AvgIpc) is 2.46. The number of ether oxygens (including phenoxy) is 1. The fourth-order valence-corrected chi connectivity index (χ4v) is 1.07. The summed E-state index contributed by atoms with van der Waals surface area (Å²) in [6.07, 6.45) is 5.11. The topological polar surface area (TPSA) is 29.1 Å². The van der Waals surface area contributed by atoms with E-state index < -0.39 is 5.79 Å². The van der Waals surface area contributed by atoms with Crippen LogP contribution in [0, 0.1) is 0 Å². The maximum Gasteiger partial charge on any atom is 0.201 e. The van der Waals surface area contributed by atoms with Gasteiger partial charge in [0.05, 0.1) is 6.10 Å². The largest absolute Gasteiger partial charge is 0.344 e. The number of rotatable bonds is 2. The second-order valence-corrected chi connectivity index (χ2v) is 3.08. The van der Waals surface area contributed by atoms with Gasteiger partial charge >= 0.3 is 0 Å². The van der Waals surface area contributed by atoms with Crippen molar-refractivity contribution < 1.29 is 9.84 Å². The van der Waals surface area contributed by atoms with Gasteiger partial charge in [-0.25, -0.2) is 0 Å². The SMILES string of the molecule is [O]C1(OC2CC2)CCC1. The minimum Gasteiger partial charge on any atom is -0.344 e. The first-order valence-corrected chi connectivity index (χ1v) is 3.67. The van der Waals surface area contributed by atoms with Crippen LogP contribution < -0.4 is 0 Å². The molecule has 51 valence electrons. The van der Waals surface area contributed by atoms with Crippen molar-refractivity contribution in [2.24, 2.45) is 0 Å². The van der Waals surface area contributed by atoms with Crippen LogP contribution >= 0.6 is 0 Å². The second-order valence-electron chi connectivity index (χ2n) is 3.08. The summed E-state index contributed by atoms with van der Waals surface area (Å²) in [6.45, 7) is 0. The van der Waals surface area contributed by atoms with Gasteiger partial charge in [-0.05, 0) is 19.3 Å². The lowest BCUT2D eigenvalue weighted by atomic mass is 9.91. The molecule has 0 amide bonds. The Kier molecular flexibility index (Phi) is 1.08.